The summed E-state index contributed by atoms with van der Waals surface area (Å²) in [6.07, 6.45) is -2.46. The first kappa shape index (κ1) is 18.4. The maximum Gasteiger partial charge on any atom is 0.339 e. The summed E-state index contributed by atoms with van der Waals surface area (Å²) in [4.78, 5) is 35.0. The van der Waals surface area contributed by atoms with Crippen molar-refractivity contribution in [1.82, 2.24) is 9.78 Å². The van der Waals surface area contributed by atoms with Crippen molar-refractivity contribution in [2.75, 3.05) is 7.11 Å². The second-order valence-electron chi connectivity index (χ2n) is 5.05. The van der Waals surface area contributed by atoms with Gasteiger partial charge >= 0.3 is 17.9 Å². The van der Waals surface area contributed by atoms with E-state index in [2.05, 4.69) is 15.0 Å². The molecule has 4 atom stereocenters. The largest absolute Gasteiger partial charge is 0.467 e. The Kier molecular flexibility index (Phi) is 5.70. The minimum absolute atomic E-state index is 0.203. The molecule has 0 aliphatic carbocycles. The van der Waals surface area contributed by atoms with Crippen LogP contribution in [0.1, 0.15) is 20.1 Å². The zero-order chi connectivity index (χ0) is 18.6. The van der Waals surface area contributed by atoms with Crippen LogP contribution >= 0.6 is 0 Å². The Balaban J connectivity index is 2.50. The van der Waals surface area contributed by atoms with Crippen LogP contribution in [-0.2, 0) is 33.3 Å². The lowest BCUT2D eigenvalue weighted by Crippen LogP contribution is -2.59. The minimum atomic E-state index is -1.43. The van der Waals surface area contributed by atoms with E-state index in [0.29, 0.717) is 0 Å². The van der Waals surface area contributed by atoms with Gasteiger partial charge in [0, 0.05) is 26.2 Å². The van der Waals surface area contributed by atoms with E-state index in [1.807, 2.05) is 0 Å². The second-order valence-corrected chi connectivity index (χ2v) is 5.05. The first-order valence-electron chi connectivity index (χ1n) is 7.17. The highest BCUT2D eigenvalue weighted by Gasteiger charge is 2.52. The Labute approximate surface area is 142 Å². The van der Waals surface area contributed by atoms with Crippen LogP contribution in [0.15, 0.2) is 23.6 Å². The van der Waals surface area contributed by atoms with E-state index >= 15 is 0 Å². The van der Waals surface area contributed by atoms with Crippen molar-refractivity contribution in [1.29, 1.82) is 0 Å². The normalized spacial score (nSPS) is 27.6. The van der Waals surface area contributed by atoms with E-state index in [1.165, 1.54) is 17.1 Å². The van der Waals surface area contributed by atoms with Gasteiger partial charge in [0.25, 0.3) is 0 Å². The van der Waals surface area contributed by atoms with Crippen molar-refractivity contribution in [2.45, 2.75) is 38.4 Å². The molecule has 1 aromatic rings. The molecule has 0 radical (unpaired) electrons. The maximum atomic E-state index is 12.1. The summed E-state index contributed by atoms with van der Waals surface area (Å²) in [6.45, 7) is 2.22. The van der Waals surface area contributed by atoms with Gasteiger partial charge in [-0.1, -0.05) is 5.16 Å². The van der Waals surface area contributed by atoms with Gasteiger partial charge in [0.1, 0.15) is 0 Å². The Morgan fingerprint density at radius 1 is 1.28 bits per heavy atom. The number of rotatable bonds is 4. The van der Waals surface area contributed by atoms with Gasteiger partial charge in [-0.15, -0.1) is 0 Å². The zero-order valence-corrected chi connectivity index (χ0v) is 13.7. The van der Waals surface area contributed by atoms with E-state index in [0.717, 1.165) is 21.0 Å². The number of hydrogen-bond donors (Lipinski definition) is 1. The number of oxime groups is 1. The molecular formula is C14H17N3O8. The van der Waals surface area contributed by atoms with Crippen molar-refractivity contribution in [3.05, 3.63) is 18.5 Å². The lowest BCUT2D eigenvalue weighted by Gasteiger charge is -2.39. The standard InChI is InChI=1S/C14H17N3O8/c1-7(18)23-10-9(16-21)13(17-6-4-5-15-17)25-12(14(20)22-3)11(10)24-8(2)19/h4-6,10-13,21H,1-3H3/b16-9+/t10-,11+,12+,13+/m1/s1. The van der Waals surface area contributed by atoms with Crippen LogP contribution in [0.3, 0.4) is 0 Å². The molecule has 0 bridgehead atoms. The molecule has 136 valence electrons. The van der Waals surface area contributed by atoms with Gasteiger partial charge in [0.05, 0.1) is 7.11 Å². The van der Waals surface area contributed by atoms with Crippen LogP contribution in [0.4, 0.5) is 0 Å². The lowest BCUT2D eigenvalue weighted by atomic mass is 9.98. The fourth-order valence-corrected chi connectivity index (χ4v) is 2.40. The van der Waals surface area contributed by atoms with Gasteiger partial charge in [-0.25, -0.2) is 9.48 Å². The molecule has 1 aliphatic rings. The van der Waals surface area contributed by atoms with Gasteiger partial charge in [-0.2, -0.15) is 5.10 Å². The Bertz CT molecular complexity index is 672. The van der Waals surface area contributed by atoms with Crippen LogP contribution < -0.4 is 0 Å². The molecular weight excluding hydrogens is 338 g/mol. The molecule has 0 saturated carbocycles. The Morgan fingerprint density at radius 3 is 2.44 bits per heavy atom. The van der Waals surface area contributed by atoms with Crippen molar-refractivity contribution in [3.8, 4) is 0 Å². The minimum Gasteiger partial charge on any atom is -0.467 e. The quantitative estimate of drug-likeness (QED) is 0.332. The molecule has 0 spiro atoms. The Hall–Kier alpha value is -2.95. The Morgan fingerprint density at radius 2 is 1.96 bits per heavy atom. The topological polar surface area (TPSA) is 139 Å². The second kappa shape index (κ2) is 7.75. The predicted molar refractivity (Wildman–Crippen MR) is 78.5 cm³/mol. The van der Waals surface area contributed by atoms with E-state index < -0.39 is 42.4 Å². The third-order valence-electron chi connectivity index (χ3n) is 3.33. The van der Waals surface area contributed by atoms with Crippen LogP contribution in [0, 0.1) is 0 Å². The number of carbonyl (C=O) groups excluding carboxylic acids is 3. The third-order valence-corrected chi connectivity index (χ3v) is 3.33. The van der Waals surface area contributed by atoms with Crippen LogP contribution in [-0.4, -0.2) is 64.0 Å². The summed E-state index contributed by atoms with van der Waals surface area (Å²) < 4.78 is 21.7. The van der Waals surface area contributed by atoms with E-state index in [1.54, 1.807) is 6.07 Å². The molecule has 1 aliphatic heterocycles. The van der Waals surface area contributed by atoms with Crippen molar-refractivity contribution < 1.29 is 38.5 Å². The average molecular weight is 355 g/mol. The average Bonchev–Trinajstić information content (AvgIpc) is 3.08. The number of hydrogen-bond acceptors (Lipinski definition) is 10. The first-order chi connectivity index (χ1) is 11.9. The molecule has 11 nitrogen and oxygen atoms in total. The van der Waals surface area contributed by atoms with Gasteiger partial charge in [-0.3, -0.25) is 9.59 Å². The third kappa shape index (κ3) is 3.94. The number of aromatic nitrogens is 2. The molecule has 25 heavy (non-hydrogen) atoms. The molecule has 0 amide bonds. The fourth-order valence-electron chi connectivity index (χ4n) is 2.40. The van der Waals surface area contributed by atoms with Crippen molar-refractivity contribution in [3.63, 3.8) is 0 Å². The highest BCUT2D eigenvalue weighted by Crippen LogP contribution is 2.30. The van der Waals surface area contributed by atoms with Crippen molar-refractivity contribution >= 4 is 23.6 Å². The number of nitrogens with zero attached hydrogens (tertiary/aromatic N) is 3. The SMILES string of the molecule is COC(=O)[C@H]1O[C@H](n2cccn2)/C(=N/O)[C@@H](OC(C)=O)[C@@H]1OC(C)=O. The fraction of sp³-hybridized carbons (Fsp3) is 0.500. The molecule has 11 heteroatoms. The van der Waals surface area contributed by atoms with E-state index in [-0.39, 0.29) is 5.71 Å². The highest BCUT2D eigenvalue weighted by molar-refractivity contribution is 5.95. The molecule has 2 heterocycles. The number of ether oxygens (including phenoxy) is 4. The molecule has 0 unspecified atom stereocenters. The number of carbonyl (C=O) groups is 3. The maximum absolute atomic E-state index is 12.1. The van der Waals surface area contributed by atoms with Crippen LogP contribution in [0.2, 0.25) is 0 Å². The summed E-state index contributed by atoms with van der Waals surface area (Å²) in [5.74, 6) is -2.36. The summed E-state index contributed by atoms with van der Waals surface area (Å²) in [5.41, 5.74) is -0.203. The number of esters is 3. The lowest BCUT2D eigenvalue weighted by molar-refractivity contribution is -0.199. The van der Waals surface area contributed by atoms with E-state index in [9.17, 15) is 19.6 Å². The van der Waals surface area contributed by atoms with Crippen molar-refractivity contribution in [2.24, 2.45) is 5.16 Å². The molecule has 1 N–H and O–H groups in total. The van der Waals surface area contributed by atoms with E-state index in [4.69, 9.17) is 14.2 Å². The summed E-state index contributed by atoms with van der Waals surface area (Å²) in [7, 11) is 1.12. The zero-order valence-electron chi connectivity index (χ0n) is 13.7. The predicted octanol–water partition coefficient (Wildman–Crippen LogP) is -0.353. The summed E-state index contributed by atoms with van der Waals surface area (Å²) >= 11 is 0. The number of methoxy groups -OCH3 is 1. The van der Waals surface area contributed by atoms with Crippen LogP contribution in [0.5, 0.6) is 0 Å². The van der Waals surface area contributed by atoms with Gasteiger partial charge < -0.3 is 24.2 Å². The van der Waals surface area contributed by atoms with Crippen LogP contribution in [0.25, 0.3) is 0 Å². The molecule has 1 aromatic heterocycles. The molecule has 2 rings (SSSR count). The first-order valence-corrected chi connectivity index (χ1v) is 7.17. The van der Waals surface area contributed by atoms with Gasteiger partial charge in [0.15, 0.2) is 30.3 Å². The molecule has 1 fully saturated rings. The summed E-state index contributed by atoms with van der Waals surface area (Å²) in [6, 6.07) is 1.57. The molecule has 0 aromatic carbocycles. The molecule has 1 saturated heterocycles. The smallest absolute Gasteiger partial charge is 0.339 e. The monoisotopic (exact) mass is 355 g/mol. The summed E-state index contributed by atoms with van der Waals surface area (Å²) in [5, 5.41) is 16.5. The highest BCUT2D eigenvalue weighted by atomic mass is 16.6. The van der Waals surface area contributed by atoms with Gasteiger partial charge in [-0.05, 0) is 6.07 Å². The van der Waals surface area contributed by atoms with Gasteiger partial charge in [0.2, 0.25) is 0 Å².